The molecule has 0 aliphatic carbocycles. The SMILES string of the molecule is Cc1cc(C)c2c(OCC(=O)Nc3nc(-c4cccc([N+](=O)[O-])c4)cs3)nn(C)c2n1. The summed E-state index contributed by atoms with van der Waals surface area (Å²) in [6.45, 7) is 3.60. The van der Waals surface area contributed by atoms with Crippen LogP contribution in [0.25, 0.3) is 22.3 Å². The van der Waals surface area contributed by atoms with E-state index < -0.39 is 10.8 Å². The molecule has 3 aromatic heterocycles. The number of ether oxygens (including phenoxy) is 1. The maximum atomic E-state index is 12.3. The molecule has 0 unspecified atom stereocenters. The lowest BCUT2D eigenvalue weighted by Crippen LogP contribution is -2.20. The van der Waals surface area contributed by atoms with Crippen molar-refractivity contribution < 1.29 is 14.5 Å². The molecular formula is C20H18N6O4S. The van der Waals surface area contributed by atoms with E-state index in [0.717, 1.165) is 16.6 Å². The van der Waals surface area contributed by atoms with Crippen molar-refractivity contribution in [2.24, 2.45) is 7.05 Å². The van der Waals surface area contributed by atoms with E-state index in [9.17, 15) is 14.9 Å². The fraction of sp³-hybridized carbons (Fsp3) is 0.200. The number of aromatic nitrogens is 4. The number of amides is 1. The molecule has 0 spiro atoms. The summed E-state index contributed by atoms with van der Waals surface area (Å²) in [4.78, 5) is 31.6. The molecule has 10 nitrogen and oxygen atoms in total. The van der Waals surface area contributed by atoms with Gasteiger partial charge in [0.1, 0.15) is 0 Å². The van der Waals surface area contributed by atoms with Gasteiger partial charge in [0.2, 0.25) is 5.88 Å². The Morgan fingerprint density at radius 3 is 2.87 bits per heavy atom. The molecule has 31 heavy (non-hydrogen) atoms. The molecule has 158 valence electrons. The maximum absolute atomic E-state index is 12.3. The number of carbonyl (C=O) groups excluding carboxylic acids is 1. The van der Waals surface area contributed by atoms with Crippen LogP contribution in [-0.4, -0.2) is 37.2 Å². The topological polar surface area (TPSA) is 125 Å². The predicted octanol–water partition coefficient (Wildman–Crippen LogP) is 3.63. The first-order chi connectivity index (χ1) is 14.8. The van der Waals surface area contributed by atoms with Gasteiger partial charge in [-0.1, -0.05) is 12.1 Å². The highest BCUT2D eigenvalue weighted by Gasteiger charge is 2.16. The number of carbonyl (C=O) groups is 1. The summed E-state index contributed by atoms with van der Waals surface area (Å²) in [6.07, 6.45) is 0. The minimum atomic E-state index is -0.463. The van der Waals surface area contributed by atoms with Crippen LogP contribution in [0.3, 0.4) is 0 Å². The number of nitro benzene ring substituents is 1. The van der Waals surface area contributed by atoms with Crippen molar-refractivity contribution in [1.29, 1.82) is 0 Å². The Morgan fingerprint density at radius 1 is 1.29 bits per heavy atom. The number of anilines is 1. The van der Waals surface area contributed by atoms with Gasteiger partial charge in [-0.05, 0) is 25.5 Å². The monoisotopic (exact) mass is 438 g/mol. The second-order valence-corrected chi connectivity index (χ2v) is 7.75. The minimum Gasteiger partial charge on any atom is -0.466 e. The molecular weight excluding hydrogens is 420 g/mol. The highest BCUT2D eigenvalue weighted by Crippen LogP contribution is 2.28. The van der Waals surface area contributed by atoms with Gasteiger partial charge < -0.3 is 4.74 Å². The first-order valence-corrected chi connectivity index (χ1v) is 10.1. The molecule has 3 heterocycles. The van der Waals surface area contributed by atoms with Gasteiger partial charge in [-0.25, -0.2) is 14.6 Å². The first-order valence-electron chi connectivity index (χ1n) is 9.26. The Kier molecular flexibility index (Phi) is 5.34. The van der Waals surface area contributed by atoms with Crippen LogP contribution in [0.4, 0.5) is 10.8 Å². The molecule has 0 radical (unpaired) electrons. The fourth-order valence-electron chi connectivity index (χ4n) is 3.18. The summed E-state index contributed by atoms with van der Waals surface area (Å²) in [5, 5.41) is 20.8. The molecule has 0 fully saturated rings. The van der Waals surface area contributed by atoms with E-state index in [2.05, 4.69) is 20.4 Å². The van der Waals surface area contributed by atoms with Crippen LogP contribution >= 0.6 is 11.3 Å². The predicted molar refractivity (Wildman–Crippen MR) is 116 cm³/mol. The van der Waals surface area contributed by atoms with E-state index in [4.69, 9.17) is 4.74 Å². The van der Waals surface area contributed by atoms with Crippen molar-refractivity contribution in [3.05, 3.63) is 57.1 Å². The number of thiazole rings is 1. The van der Waals surface area contributed by atoms with Gasteiger partial charge in [0, 0.05) is 35.8 Å². The molecule has 1 aromatic carbocycles. The average molecular weight is 438 g/mol. The van der Waals surface area contributed by atoms with E-state index >= 15 is 0 Å². The van der Waals surface area contributed by atoms with E-state index in [1.807, 2.05) is 19.9 Å². The standard InChI is InChI=1S/C20H18N6O4S/c1-11-7-12(2)21-18-17(11)19(24-25(18)3)30-9-16(27)23-20-22-15(10-31-20)13-5-4-6-14(8-13)26(28)29/h4-8,10H,9H2,1-3H3,(H,22,23,27). The molecule has 0 saturated carbocycles. The summed E-state index contributed by atoms with van der Waals surface area (Å²) in [5.74, 6) is -0.0504. The van der Waals surface area contributed by atoms with Crippen molar-refractivity contribution in [1.82, 2.24) is 19.7 Å². The van der Waals surface area contributed by atoms with Crippen molar-refractivity contribution in [2.45, 2.75) is 13.8 Å². The van der Waals surface area contributed by atoms with Crippen molar-refractivity contribution >= 4 is 39.1 Å². The van der Waals surface area contributed by atoms with Gasteiger partial charge in [-0.15, -0.1) is 16.4 Å². The number of rotatable bonds is 6. The lowest BCUT2D eigenvalue weighted by Gasteiger charge is -2.05. The number of non-ortho nitro benzene ring substituents is 1. The Bertz CT molecular complexity index is 1310. The van der Waals surface area contributed by atoms with Crippen molar-refractivity contribution in [2.75, 3.05) is 11.9 Å². The lowest BCUT2D eigenvalue weighted by atomic mass is 10.1. The van der Waals surface area contributed by atoms with E-state index in [1.165, 1.54) is 23.5 Å². The van der Waals surface area contributed by atoms with Crippen LogP contribution in [0.2, 0.25) is 0 Å². The average Bonchev–Trinajstić information content (AvgIpc) is 3.31. The summed E-state index contributed by atoms with van der Waals surface area (Å²) < 4.78 is 7.27. The van der Waals surface area contributed by atoms with Gasteiger partial charge in [-0.3, -0.25) is 20.2 Å². The molecule has 0 bridgehead atoms. The minimum absolute atomic E-state index is 0.0212. The Labute approximate surface area is 180 Å². The molecule has 1 N–H and O–H groups in total. The maximum Gasteiger partial charge on any atom is 0.270 e. The summed E-state index contributed by atoms with van der Waals surface area (Å²) in [5.41, 5.74) is 3.65. The van der Waals surface area contributed by atoms with Gasteiger partial charge in [-0.2, -0.15) is 0 Å². The number of nitrogens with one attached hydrogen (secondary N) is 1. The zero-order valence-electron chi connectivity index (χ0n) is 16.9. The Balaban J connectivity index is 1.44. The van der Waals surface area contributed by atoms with E-state index in [0.29, 0.717) is 27.9 Å². The summed E-state index contributed by atoms with van der Waals surface area (Å²) in [7, 11) is 1.77. The number of fused-ring (bicyclic) bond motifs is 1. The highest BCUT2D eigenvalue weighted by molar-refractivity contribution is 7.14. The number of nitrogens with zero attached hydrogens (tertiary/aromatic N) is 5. The zero-order valence-corrected chi connectivity index (χ0v) is 17.8. The smallest absolute Gasteiger partial charge is 0.270 e. The van der Waals surface area contributed by atoms with E-state index in [1.54, 1.807) is 29.2 Å². The zero-order chi connectivity index (χ0) is 22.1. The molecule has 11 heteroatoms. The molecule has 0 aliphatic heterocycles. The molecule has 4 aromatic rings. The molecule has 0 atom stereocenters. The Morgan fingerprint density at radius 2 is 2.10 bits per heavy atom. The molecule has 0 saturated heterocycles. The van der Waals surface area contributed by atoms with E-state index in [-0.39, 0.29) is 12.3 Å². The number of nitro groups is 1. The Hall–Kier alpha value is -3.86. The molecule has 0 aliphatic rings. The first kappa shape index (κ1) is 20.4. The van der Waals surface area contributed by atoms with Crippen LogP contribution < -0.4 is 10.1 Å². The third-order valence-corrected chi connectivity index (χ3v) is 5.29. The largest absolute Gasteiger partial charge is 0.466 e. The van der Waals surface area contributed by atoms with Gasteiger partial charge in [0.25, 0.3) is 11.6 Å². The second-order valence-electron chi connectivity index (χ2n) is 6.89. The number of pyridine rings is 1. The van der Waals surface area contributed by atoms with Gasteiger partial charge in [0.05, 0.1) is 16.0 Å². The quantitative estimate of drug-likeness (QED) is 0.360. The third-order valence-electron chi connectivity index (χ3n) is 4.53. The lowest BCUT2D eigenvalue weighted by molar-refractivity contribution is -0.384. The fourth-order valence-corrected chi connectivity index (χ4v) is 3.92. The third kappa shape index (κ3) is 4.21. The second kappa shape index (κ2) is 8.11. The van der Waals surface area contributed by atoms with Crippen molar-refractivity contribution in [3.8, 4) is 17.1 Å². The van der Waals surface area contributed by atoms with Gasteiger partial charge in [0.15, 0.2) is 17.4 Å². The number of aryl methyl sites for hydroxylation is 3. The number of hydrogen-bond acceptors (Lipinski definition) is 8. The number of benzene rings is 1. The van der Waals surface area contributed by atoms with Crippen LogP contribution in [0.15, 0.2) is 35.7 Å². The number of hydrogen-bond donors (Lipinski definition) is 1. The van der Waals surface area contributed by atoms with Crippen molar-refractivity contribution in [3.63, 3.8) is 0 Å². The van der Waals surface area contributed by atoms with Crippen LogP contribution in [0.5, 0.6) is 5.88 Å². The van der Waals surface area contributed by atoms with Crippen LogP contribution in [0.1, 0.15) is 11.3 Å². The van der Waals surface area contributed by atoms with Gasteiger partial charge >= 0.3 is 0 Å². The van der Waals surface area contributed by atoms with Crippen LogP contribution in [-0.2, 0) is 11.8 Å². The molecule has 4 rings (SSSR count). The normalized spacial score (nSPS) is 10.9. The molecule has 1 amide bonds. The van der Waals surface area contributed by atoms with Crippen LogP contribution in [0, 0.1) is 24.0 Å². The summed E-state index contributed by atoms with van der Waals surface area (Å²) >= 11 is 1.22. The highest BCUT2D eigenvalue weighted by atomic mass is 32.1. The summed E-state index contributed by atoms with van der Waals surface area (Å²) in [6, 6.07) is 8.10.